The Morgan fingerprint density at radius 2 is 2.00 bits per heavy atom. The zero-order valence-corrected chi connectivity index (χ0v) is 12.5. The first-order valence-corrected chi connectivity index (χ1v) is 6.86. The lowest BCUT2D eigenvalue weighted by Crippen LogP contribution is -2.24. The molecule has 2 atom stereocenters. The summed E-state index contributed by atoms with van der Waals surface area (Å²) in [5.41, 5.74) is 2.47. The van der Waals surface area contributed by atoms with Crippen LogP contribution in [0.5, 0.6) is 0 Å². The highest BCUT2D eigenvalue weighted by atomic mass is 79.9. The summed E-state index contributed by atoms with van der Waals surface area (Å²) >= 11 is 3.51. The number of nitrogens with one attached hydrogen (secondary N) is 1. The highest BCUT2D eigenvalue weighted by molar-refractivity contribution is 9.10. The average Bonchev–Trinajstić information content (AvgIpc) is 2.75. The molecule has 0 fully saturated rings. The van der Waals surface area contributed by atoms with Crippen LogP contribution >= 0.6 is 15.9 Å². The molecule has 1 unspecified atom stereocenters. The SMILES string of the molecule is CC(N[C@H](C)c1cccc(Br)c1)c1ccnn1C. The lowest BCUT2D eigenvalue weighted by atomic mass is 10.1. The van der Waals surface area contributed by atoms with Crippen LogP contribution in [0.15, 0.2) is 41.0 Å². The van der Waals surface area contributed by atoms with Crippen LogP contribution in [-0.4, -0.2) is 9.78 Å². The van der Waals surface area contributed by atoms with Gasteiger partial charge in [0.05, 0.1) is 5.69 Å². The molecule has 1 N–H and O–H groups in total. The summed E-state index contributed by atoms with van der Waals surface area (Å²) in [7, 11) is 1.97. The van der Waals surface area contributed by atoms with Gasteiger partial charge in [-0.1, -0.05) is 28.1 Å². The third-order valence-electron chi connectivity index (χ3n) is 3.15. The van der Waals surface area contributed by atoms with E-state index in [4.69, 9.17) is 0 Å². The number of rotatable bonds is 4. The fourth-order valence-corrected chi connectivity index (χ4v) is 2.56. The van der Waals surface area contributed by atoms with Crippen LogP contribution in [0.3, 0.4) is 0 Å². The second kappa shape index (κ2) is 5.67. The van der Waals surface area contributed by atoms with Gasteiger partial charge >= 0.3 is 0 Å². The lowest BCUT2D eigenvalue weighted by Gasteiger charge is -2.20. The van der Waals surface area contributed by atoms with Gasteiger partial charge in [-0.15, -0.1) is 0 Å². The summed E-state index contributed by atoms with van der Waals surface area (Å²) in [5.74, 6) is 0. The van der Waals surface area contributed by atoms with E-state index in [1.165, 1.54) is 11.3 Å². The number of hydrogen-bond acceptors (Lipinski definition) is 2. The molecule has 1 aromatic heterocycles. The first-order chi connectivity index (χ1) is 8.58. The van der Waals surface area contributed by atoms with Crippen molar-refractivity contribution in [2.24, 2.45) is 7.05 Å². The van der Waals surface area contributed by atoms with Crippen molar-refractivity contribution in [2.75, 3.05) is 0 Å². The number of aryl methyl sites for hydroxylation is 1. The van der Waals surface area contributed by atoms with Crippen molar-refractivity contribution in [2.45, 2.75) is 25.9 Å². The first-order valence-electron chi connectivity index (χ1n) is 6.07. The minimum atomic E-state index is 0.270. The van der Waals surface area contributed by atoms with Crippen molar-refractivity contribution in [3.63, 3.8) is 0 Å². The molecule has 2 aromatic rings. The van der Waals surface area contributed by atoms with E-state index >= 15 is 0 Å². The summed E-state index contributed by atoms with van der Waals surface area (Å²) in [6.45, 7) is 4.33. The summed E-state index contributed by atoms with van der Waals surface area (Å²) < 4.78 is 3.02. The summed E-state index contributed by atoms with van der Waals surface area (Å²) in [4.78, 5) is 0. The van der Waals surface area contributed by atoms with Crippen molar-refractivity contribution in [1.82, 2.24) is 15.1 Å². The molecule has 0 amide bonds. The Morgan fingerprint density at radius 3 is 2.61 bits per heavy atom. The topological polar surface area (TPSA) is 29.9 Å². The van der Waals surface area contributed by atoms with E-state index in [1.54, 1.807) is 0 Å². The van der Waals surface area contributed by atoms with E-state index in [-0.39, 0.29) is 6.04 Å². The normalized spacial score (nSPS) is 14.4. The second-order valence-electron chi connectivity index (χ2n) is 4.54. The van der Waals surface area contributed by atoms with Crippen molar-refractivity contribution in [1.29, 1.82) is 0 Å². The van der Waals surface area contributed by atoms with Crippen molar-refractivity contribution in [3.8, 4) is 0 Å². The molecule has 1 aromatic carbocycles. The zero-order valence-electron chi connectivity index (χ0n) is 10.9. The molecule has 0 aliphatic heterocycles. The molecular formula is C14H18BrN3. The molecule has 18 heavy (non-hydrogen) atoms. The standard InChI is InChI=1S/C14H18BrN3/c1-10(12-5-4-6-13(15)9-12)17-11(2)14-7-8-16-18(14)3/h4-11,17H,1-3H3/t10-,11?/m1/s1. The lowest BCUT2D eigenvalue weighted by molar-refractivity contribution is 0.469. The third-order valence-corrected chi connectivity index (χ3v) is 3.64. The molecule has 0 saturated carbocycles. The zero-order chi connectivity index (χ0) is 13.1. The molecule has 0 aliphatic carbocycles. The van der Waals surface area contributed by atoms with Gasteiger partial charge in [0.15, 0.2) is 0 Å². The number of nitrogens with zero attached hydrogens (tertiary/aromatic N) is 2. The average molecular weight is 308 g/mol. The van der Waals surface area contributed by atoms with Crippen LogP contribution in [0.2, 0.25) is 0 Å². The van der Waals surface area contributed by atoms with Gasteiger partial charge < -0.3 is 5.32 Å². The van der Waals surface area contributed by atoms with Crippen molar-refractivity contribution < 1.29 is 0 Å². The summed E-state index contributed by atoms with van der Waals surface area (Å²) in [6, 6.07) is 11.0. The molecule has 4 heteroatoms. The van der Waals surface area contributed by atoms with E-state index in [2.05, 4.69) is 58.4 Å². The molecular weight excluding hydrogens is 290 g/mol. The van der Waals surface area contributed by atoms with Gasteiger partial charge in [0, 0.05) is 29.8 Å². The van der Waals surface area contributed by atoms with Crippen LogP contribution < -0.4 is 5.32 Å². The minimum absolute atomic E-state index is 0.270. The Bertz CT molecular complexity index is 521. The van der Waals surface area contributed by atoms with Crippen LogP contribution in [0, 0.1) is 0 Å². The molecule has 0 bridgehead atoms. The number of benzene rings is 1. The highest BCUT2D eigenvalue weighted by Gasteiger charge is 2.13. The smallest absolute Gasteiger partial charge is 0.0547 e. The molecule has 0 spiro atoms. The Balaban J connectivity index is 2.08. The molecule has 0 saturated heterocycles. The molecule has 0 radical (unpaired) electrons. The Kier molecular flexibility index (Phi) is 4.19. The van der Waals surface area contributed by atoms with Crippen LogP contribution in [0.4, 0.5) is 0 Å². The molecule has 1 heterocycles. The van der Waals surface area contributed by atoms with E-state index < -0.39 is 0 Å². The van der Waals surface area contributed by atoms with Crippen molar-refractivity contribution in [3.05, 3.63) is 52.3 Å². The predicted octanol–water partition coefficient (Wildman–Crippen LogP) is 3.59. The Morgan fingerprint density at radius 1 is 1.22 bits per heavy atom. The van der Waals surface area contributed by atoms with Crippen LogP contribution in [-0.2, 0) is 7.05 Å². The van der Waals surface area contributed by atoms with E-state index in [0.717, 1.165) is 4.47 Å². The Labute approximate surface area is 116 Å². The van der Waals surface area contributed by atoms with Gasteiger partial charge in [-0.05, 0) is 37.6 Å². The maximum Gasteiger partial charge on any atom is 0.0547 e. The number of aromatic nitrogens is 2. The first kappa shape index (κ1) is 13.3. The van der Waals surface area contributed by atoms with E-state index in [1.807, 2.05) is 30.1 Å². The fourth-order valence-electron chi connectivity index (χ4n) is 2.14. The quantitative estimate of drug-likeness (QED) is 0.935. The maximum atomic E-state index is 4.20. The molecule has 3 nitrogen and oxygen atoms in total. The summed E-state index contributed by atoms with van der Waals surface area (Å²) in [5, 5.41) is 7.79. The molecule has 96 valence electrons. The van der Waals surface area contributed by atoms with Gasteiger partial charge in [-0.25, -0.2) is 0 Å². The third kappa shape index (κ3) is 3.00. The van der Waals surface area contributed by atoms with E-state index in [0.29, 0.717) is 6.04 Å². The maximum absolute atomic E-state index is 4.20. The van der Waals surface area contributed by atoms with Crippen LogP contribution in [0.25, 0.3) is 0 Å². The number of hydrogen-bond donors (Lipinski definition) is 1. The second-order valence-corrected chi connectivity index (χ2v) is 5.46. The van der Waals surface area contributed by atoms with Gasteiger partial charge in [-0.3, -0.25) is 4.68 Å². The molecule has 2 rings (SSSR count). The minimum Gasteiger partial charge on any atom is -0.302 e. The van der Waals surface area contributed by atoms with Gasteiger partial charge in [-0.2, -0.15) is 5.10 Å². The van der Waals surface area contributed by atoms with Gasteiger partial charge in [0.1, 0.15) is 0 Å². The molecule has 0 aliphatic rings. The van der Waals surface area contributed by atoms with Gasteiger partial charge in [0.2, 0.25) is 0 Å². The summed E-state index contributed by atoms with van der Waals surface area (Å²) in [6.07, 6.45) is 1.83. The monoisotopic (exact) mass is 307 g/mol. The number of halogens is 1. The van der Waals surface area contributed by atoms with Gasteiger partial charge in [0.25, 0.3) is 0 Å². The Hall–Kier alpha value is -1.13. The van der Waals surface area contributed by atoms with Crippen LogP contribution in [0.1, 0.15) is 37.2 Å². The largest absolute Gasteiger partial charge is 0.302 e. The predicted molar refractivity (Wildman–Crippen MR) is 77.3 cm³/mol. The highest BCUT2D eigenvalue weighted by Crippen LogP contribution is 2.21. The van der Waals surface area contributed by atoms with Crippen molar-refractivity contribution >= 4 is 15.9 Å². The fraction of sp³-hybridized carbons (Fsp3) is 0.357. The van der Waals surface area contributed by atoms with E-state index in [9.17, 15) is 0 Å².